The number of esters is 1. The number of ether oxygens (including phenoxy) is 6. The molecule has 22 nitrogen and oxygen atoms in total. The molecular formula is C58H97N9O13. The molecule has 2 aromatic heterocycles. The highest BCUT2D eigenvalue weighted by atomic mass is 16.7. The first kappa shape index (κ1) is 65.0. The number of aromatic amines is 1. The van der Waals surface area contributed by atoms with Crippen molar-refractivity contribution >= 4 is 12.1 Å². The number of methoxy groups -OCH3 is 1. The number of H-pyrrole nitrogens is 1. The zero-order valence-corrected chi connectivity index (χ0v) is 50.5. The summed E-state index contributed by atoms with van der Waals surface area (Å²) in [7, 11) is 5.33. The number of likely N-dealkylation sites (N-methyl/N-ethyl adjacent to an activating group) is 2. The van der Waals surface area contributed by atoms with E-state index in [-0.39, 0.29) is 37.8 Å². The van der Waals surface area contributed by atoms with Gasteiger partial charge >= 0.3 is 12.1 Å². The molecule has 0 spiro atoms. The van der Waals surface area contributed by atoms with E-state index in [4.69, 9.17) is 28.4 Å². The van der Waals surface area contributed by atoms with Crippen molar-refractivity contribution in [1.29, 1.82) is 0 Å². The van der Waals surface area contributed by atoms with Crippen molar-refractivity contribution in [2.45, 2.75) is 238 Å². The average molecular weight is 1130 g/mol. The highest BCUT2D eigenvalue weighted by Crippen LogP contribution is 2.45. The van der Waals surface area contributed by atoms with Gasteiger partial charge in [-0.3, -0.25) is 14.4 Å². The number of amides is 1. The maximum atomic E-state index is 14.7. The van der Waals surface area contributed by atoms with Gasteiger partial charge in [-0.15, -0.1) is 5.10 Å². The Hall–Kier alpha value is -4.20. The van der Waals surface area contributed by atoms with Crippen molar-refractivity contribution in [3.8, 4) is 0 Å². The quantitative estimate of drug-likeness (QED) is 0.106. The molecule has 3 saturated heterocycles. The third-order valence-electron chi connectivity index (χ3n) is 17.3. The van der Waals surface area contributed by atoms with Gasteiger partial charge in [-0.25, -0.2) is 4.79 Å². The normalized spacial score (nSPS) is 36.5. The summed E-state index contributed by atoms with van der Waals surface area (Å²) in [6, 6.07) is 7.10. The Kier molecular flexibility index (Phi) is 21.9. The largest absolute Gasteiger partial charge is 0.459 e. The second-order valence-corrected chi connectivity index (χ2v) is 25.4. The molecule has 6 rings (SSSR count). The van der Waals surface area contributed by atoms with Gasteiger partial charge in [0.25, 0.3) is 0 Å². The monoisotopic (exact) mass is 1130 g/mol. The Labute approximate surface area is 474 Å². The molecule has 22 heteroatoms. The van der Waals surface area contributed by atoms with Gasteiger partial charge in [0, 0.05) is 70.3 Å². The molecule has 6 N–H and O–H groups in total. The minimum Gasteiger partial charge on any atom is -0.459 e. The molecule has 0 saturated carbocycles. The molecule has 18 atom stereocenters. The number of aliphatic hydroxyl groups is 5. The Morgan fingerprint density at radius 3 is 2.24 bits per heavy atom. The number of nitrogens with zero attached hydrogens (tertiary/aromatic N) is 8. The van der Waals surface area contributed by atoms with Crippen LogP contribution in [0.15, 0.2) is 36.7 Å². The van der Waals surface area contributed by atoms with Crippen molar-refractivity contribution in [3.05, 3.63) is 59.2 Å². The number of aliphatic hydroxyl groups excluding tert-OH is 3. The second-order valence-electron chi connectivity index (χ2n) is 25.4. The second kappa shape index (κ2) is 27.0. The number of hydrogen-bond acceptors (Lipinski definition) is 19. The third kappa shape index (κ3) is 16.1. The summed E-state index contributed by atoms with van der Waals surface area (Å²) >= 11 is 0. The van der Waals surface area contributed by atoms with E-state index in [0.717, 1.165) is 16.8 Å². The van der Waals surface area contributed by atoms with E-state index < -0.39 is 113 Å². The Balaban J connectivity index is 1.18. The molecule has 1 unspecified atom stereocenters. The lowest BCUT2D eigenvalue weighted by Gasteiger charge is -2.51. The molecule has 452 valence electrons. The van der Waals surface area contributed by atoms with Crippen LogP contribution in [0.4, 0.5) is 4.79 Å². The zero-order valence-electron chi connectivity index (χ0n) is 50.5. The highest BCUT2D eigenvalue weighted by Gasteiger charge is 2.55. The lowest BCUT2D eigenvalue weighted by atomic mass is 9.68. The number of hydrogen-bond donors (Lipinski definition) is 6. The predicted octanol–water partition coefficient (Wildman–Crippen LogP) is 4.68. The zero-order chi connectivity index (χ0) is 59.2. The van der Waals surface area contributed by atoms with Gasteiger partial charge < -0.3 is 63.8 Å². The number of carbonyl (C=O) groups is 2. The fraction of sp³-hybridized carbons (Fsp3) is 0.793. The molecule has 80 heavy (non-hydrogen) atoms. The van der Waals surface area contributed by atoms with Crippen LogP contribution in [0.1, 0.15) is 138 Å². The van der Waals surface area contributed by atoms with Crippen molar-refractivity contribution in [1.82, 2.24) is 45.1 Å². The topological polar surface area (TPSA) is 273 Å². The fourth-order valence-corrected chi connectivity index (χ4v) is 12.5. The van der Waals surface area contributed by atoms with Crippen LogP contribution >= 0.6 is 0 Å². The van der Waals surface area contributed by atoms with Crippen molar-refractivity contribution in [2.75, 3.05) is 34.3 Å². The van der Waals surface area contributed by atoms with E-state index in [0.29, 0.717) is 51.1 Å². The molecule has 3 aromatic rings. The SMILES string of the molecule is CC[C@H]1OC(=O)[C@H](C)C([C@H]2C[C@@](C)(OC)[C@@H](O)[C@H](C)O2)[C@H](C)[C@@H](O[C@@H]2O[C@H](C)C[C@H](N(C)CCc3cn(CCc4ccc(CN(Cc5cn[nH]n5)C(=O)OC(C)(C)C)cc4)nn3)[C@H]2O)[C@](C)(O)C[C@@H](C)CN(C)[C@H](C)[C@@H](O)[C@]1(C)O. The van der Waals surface area contributed by atoms with E-state index in [2.05, 4.69) is 30.6 Å². The Morgan fingerprint density at radius 1 is 0.938 bits per heavy atom. The number of carbonyl (C=O) groups excluding carboxylic acids is 2. The summed E-state index contributed by atoms with van der Waals surface area (Å²) in [6.07, 6.45) is -3.14. The van der Waals surface area contributed by atoms with Gasteiger partial charge in [0.15, 0.2) is 6.29 Å². The first-order chi connectivity index (χ1) is 37.4. The summed E-state index contributed by atoms with van der Waals surface area (Å²) in [5, 5.41) is 79.8. The Bertz CT molecular complexity index is 2400. The minimum absolute atomic E-state index is 0.181. The van der Waals surface area contributed by atoms with E-state index in [1.54, 1.807) is 38.8 Å². The van der Waals surface area contributed by atoms with E-state index >= 15 is 0 Å². The van der Waals surface area contributed by atoms with Gasteiger partial charge in [-0.1, -0.05) is 57.2 Å². The smallest absolute Gasteiger partial charge is 0.410 e. The summed E-state index contributed by atoms with van der Waals surface area (Å²) in [4.78, 5) is 33.4. The number of rotatable bonds is 16. The molecular weight excluding hydrogens is 1030 g/mol. The molecule has 1 aromatic carbocycles. The lowest BCUT2D eigenvalue weighted by molar-refractivity contribution is -0.302. The van der Waals surface area contributed by atoms with Crippen LogP contribution in [-0.2, 0) is 65.7 Å². The van der Waals surface area contributed by atoms with Gasteiger partial charge in [-0.2, -0.15) is 15.4 Å². The van der Waals surface area contributed by atoms with Crippen molar-refractivity contribution in [2.24, 2.45) is 23.7 Å². The van der Waals surface area contributed by atoms with Gasteiger partial charge in [-0.05, 0) is 125 Å². The number of aryl methyl sites for hydroxylation is 2. The number of aromatic nitrogens is 6. The molecule has 3 fully saturated rings. The average Bonchev–Trinajstić information content (AvgIpc) is 4.14. The Morgan fingerprint density at radius 2 is 1.61 bits per heavy atom. The molecule has 0 bridgehead atoms. The van der Waals surface area contributed by atoms with Crippen molar-refractivity contribution in [3.63, 3.8) is 0 Å². The predicted molar refractivity (Wildman–Crippen MR) is 297 cm³/mol. The van der Waals surface area contributed by atoms with E-state index in [9.17, 15) is 35.1 Å². The highest BCUT2D eigenvalue weighted by molar-refractivity contribution is 5.73. The van der Waals surface area contributed by atoms with Crippen LogP contribution in [0.5, 0.6) is 0 Å². The number of nitrogens with one attached hydrogen (secondary N) is 1. The van der Waals surface area contributed by atoms with Gasteiger partial charge in [0.05, 0.1) is 60.0 Å². The molecule has 3 aliphatic rings. The minimum atomic E-state index is -1.82. The summed E-state index contributed by atoms with van der Waals surface area (Å²) in [6.45, 7) is 25.6. The van der Waals surface area contributed by atoms with Crippen LogP contribution in [0.25, 0.3) is 0 Å². The van der Waals surface area contributed by atoms with Crippen LogP contribution in [0, 0.1) is 23.7 Å². The number of benzene rings is 1. The van der Waals surface area contributed by atoms with Gasteiger partial charge in [0.1, 0.15) is 41.3 Å². The first-order valence-corrected chi connectivity index (χ1v) is 28.8. The maximum absolute atomic E-state index is 14.7. The van der Waals surface area contributed by atoms with Crippen LogP contribution in [0.2, 0.25) is 0 Å². The standard InChI is InChI=1S/C58H97N9O13/c1-17-46-58(13,74)49(69)38(6)65(15)30-34(2)27-56(11,73)51(36(4)47(37(5)52(71)78-46)45-28-57(12,75-16)50(70)39(7)77-45)79-53-48(68)44(26-35(3)76-53)64(14)24-23-42-33-67(63-61-42)25-22-40-18-20-41(21-19-40)31-66(32-43-29-59-62-60-43)54(72)80-55(8,9)10/h18-21,29,33-39,44-51,53,68-70,73-74H,17,22-28,30-32H2,1-16H3,(H,59,60,62)/t34-,35-,36+,37-,38-,39+,44+,45-,46-,47?,48-,49-,50+,51-,53+,56-,57-,58-/m1/s1. The van der Waals surface area contributed by atoms with Crippen LogP contribution in [0.3, 0.4) is 0 Å². The molecule has 3 aliphatic heterocycles. The van der Waals surface area contributed by atoms with Gasteiger partial charge in [0.2, 0.25) is 0 Å². The molecule has 0 radical (unpaired) electrons. The van der Waals surface area contributed by atoms with Crippen LogP contribution in [-0.4, -0.2) is 207 Å². The summed E-state index contributed by atoms with van der Waals surface area (Å²) < 4.78 is 39.8. The third-order valence-corrected chi connectivity index (χ3v) is 17.3. The summed E-state index contributed by atoms with van der Waals surface area (Å²) in [5.41, 5.74) is -1.70. The number of cyclic esters (lactones) is 1. The molecule has 5 heterocycles. The molecule has 0 aliphatic carbocycles. The first-order valence-electron chi connectivity index (χ1n) is 28.8. The van der Waals surface area contributed by atoms with E-state index in [1.165, 1.54) is 14.0 Å². The van der Waals surface area contributed by atoms with Crippen molar-refractivity contribution < 1.29 is 63.5 Å². The maximum Gasteiger partial charge on any atom is 0.410 e. The lowest BCUT2D eigenvalue weighted by Crippen LogP contribution is -2.62. The molecule has 1 amide bonds. The van der Waals surface area contributed by atoms with Crippen LogP contribution < -0.4 is 0 Å². The van der Waals surface area contributed by atoms with E-state index in [1.807, 2.05) is 110 Å². The summed E-state index contributed by atoms with van der Waals surface area (Å²) in [5.74, 6) is -3.18. The fourth-order valence-electron chi connectivity index (χ4n) is 12.5.